The van der Waals surface area contributed by atoms with E-state index in [4.69, 9.17) is 17.2 Å². The van der Waals surface area contributed by atoms with Gasteiger partial charge < -0.3 is 48.7 Å². The number of carbonyl (C=O) groups is 7. The number of hydrogen-bond acceptors (Lipinski definition) is 10. The second-order valence-electron chi connectivity index (χ2n) is 10.2. The molecular weight excluding hydrogens is 598 g/mol. The number of carboxylic acid groups (broad SMARTS) is 1. The highest BCUT2D eigenvalue weighted by molar-refractivity contribution is 7.80. The summed E-state index contributed by atoms with van der Waals surface area (Å²) in [6, 6.07) is -0.789. The van der Waals surface area contributed by atoms with Gasteiger partial charge in [-0.1, -0.05) is 32.4 Å². The normalized spacial score (nSPS) is 14.9. The van der Waals surface area contributed by atoms with Crippen LogP contribution in [0.3, 0.4) is 0 Å². The minimum atomic E-state index is -1.70. The Morgan fingerprint density at radius 3 is 1.86 bits per heavy atom. The van der Waals surface area contributed by atoms with Gasteiger partial charge in [0.2, 0.25) is 35.4 Å². The van der Waals surface area contributed by atoms with Crippen LogP contribution in [-0.2, 0) is 40.0 Å². The molecule has 44 heavy (non-hydrogen) atoms. The Balaban J connectivity index is 3.27. The van der Waals surface area contributed by atoms with E-state index in [1.54, 1.807) is 26.0 Å². The fourth-order valence-electron chi connectivity index (χ4n) is 3.88. The van der Waals surface area contributed by atoms with Gasteiger partial charge in [0.05, 0.1) is 12.5 Å². The predicted molar refractivity (Wildman–Crippen MR) is 161 cm³/mol. The van der Waals surface area contributed by atoms with Crippen molar-refractivity contribution in [3.8, 4) is 5.75 Å². The second-order valence-corrected chi connectivity index (χ2v) is 10.6. The standard InChI is InChI=1S/C27H41N7O9S/c1-3-13(2)22(26(41)31-17(8-9-20(29)36)24(39)33-19(27(42)43)11-21(30)37)34-25(40)18(32-23(38)16(28)12-44)10-14-4-6-15(35)7-5-14/h4-7,13,16-19,22,35,44H,3,8-12,28H2,1-2H3,(H2,29,36)(H2,30,37)(H,31,41)(H,32,38)(H,33,39)(H,34,40)(H,42,43)/t13-,16-,17-,18-,19-,22-/m0/s1. The van der Waals surface area contributed by atoms with Crippen LogP contribution in [0.25, 0.3) is 0 Å². The molecular formula is C27H41N7O9S. The molecule has 1 aromatic carbocycles. The molecule has 0 unspecified atom stereocenters. The fraction of sp³-hybridized carbons (Fsp3) is 0.519. The van der Waals surface area contributed by atoms with Crippen LogP contribution in [0.2, 0.25) is 0 Å². The highest BCUT2D eigenvalue weighted by atomic mass is 32.1. The van der Waals surface area contributed by atoms with Gasteiger partial charge in [-0.05, 0) is 30.0 Å². The Hall–Kier alpha value is -4.38. The summed E-state index contributed by atoms with van der Waals surface area (Å²) in [6.45, 7) is 3.40. The lowest BCUT2D eigenvalue weighted by atomic mass is 9.96. The molecule has 0 heterocycles. The monoisotopic (exact) mass is 639 g/mol. The molecule has 17 heteroatoms. The van der Waals surface area contributed by atoms with E-state index in [1.165, 1.54) is 12.1 Å². The lowest BCUT2D eigenvalue weighted by Crippen LogP contribution is -2.60. The number of primary amides is 2. The van der Waals surface area contributed by atoms with Crippen LogP contribution in [0.1, 0.15) is 45.1 Å². The van der Waals surface area contributed by atoms with E-state index >= 15 is 0 Å². The Morgan fingerprint density at radius 2 is 1.36 bits per heavy atom. The molecule has 0 spiro atoms. The van der Waals surface area contributed by atoms with E-state index in [0.717, 1.165) is 0 Å². The zero-order valence-electron chi connectivity index (χ0n) is 24.4. The maximum Gasteiger partial charge on any atom is 0.326 e. The smallest absolute Gasteiger partial charge is 0.326 e. The van der Waals surface area contributed by atoms with E-state index in [9.17, 15) is 43.8 Å². The first-order chi connectivity index (χ1) is 20.6. The maximum atomic E-state index is 13.5. The SMILES string of the molecule is CC[C@H](C)[C@H](NC(=O)[C@H](Cc1ccc(O)cc1)NC(=O)[C@@H](N)CS)C(=O)N[C@@H](CCC(N)=O)C(=O)N[C@@H](CC(N)=O)C(=O)O. The van der Waals surface area contributed by atoms with Gasteiger partial charge in [0.25, 0.3) is 0 Å². The first-order valence-corrected chi connectivity index (χ1v) is 14.4. The number of nitrogens with two attached hydrogens (primary N) is 3. The van der Waals surface area contributed by atoms with Crippen LogP contribution in [0.4, 0.5) is 0 Å². The van der Waals surface area contributed by atoms with Crippen molar-refractivity contribution in [1.29, 1.82) is 0 Å². The van der Waals surface area contributed by atoms with Gasteiger partial charge in [-0.15, -0.1) is 0 Å². The van der Waals surface area contributed by atoms with Crippen LogP contribution in [-0.4, -0.2) is 87.6 Å². The van der Waals surface area contributed by atoms with Crippen molar-refractivity contribution in [3.05, 3.63) is 29.8 Å². The number of thiol groups is 1. The number of amides is 6. The molecule has 6 amide bonds. The topological polar surface area (TPSA) is 286 Å². The van der Waals surface area contributed by atoms with Crippen molar-refractivity contribution in [1.82, 2.24) is 21.3 Å². The molecule has 1 rings (SSSR count). The fourth-order valence-corrected chi connectivity index (χ4v) is 4.05. The van der Waals surface area contributed by atoms with Crippen LogP contribution in [0, 0.1) is 5.92 Å². The van der Waals surface area contributed by atoms with Crippen LogP contribution < -0.4 is 38.5 Å². The van der Waals surface area contributed by atoms with Crippen molar-refractivity contribution in [2.24, 2.45) is 23.1 Å². The molecule has 0 fully saturated rings. The van der Waals surface area contributed by atoms with E-state index < -0.39 is 84.0 Å². The van der Waals surface area contributed by atoms with Gasteiger partial charge >= 0.3 is 5.97 Å². The quantitative estimate of drug-likeness (QED) is 0.0704. The minimum absolute atomic E-state index is 0.00574. The summed E-state index contributed by atoms with van der Waals surface area (Å²) in [4.78, 5) is 86.7. The number of aromatic hydroxyl groups is 1. The minimum Gasteiger partial charge on any atom is -0.508 e. The molecule has 0 aromatic heterocycles. The van der Waals surface area contributed by atoms with Crippen molar-refractivity contribution in [3.63, 3.8) is 0 Å². The number of phenols is 1. The van der Waals surface area contributed by atoms with Crippen LogP contribution in [0.5, 0.6) is 5.75 Å². The number of benzene rings is 1. The van der Waals surface area contributed by atoms with Crippen molar-refractivity contribution in [2.75, 3.05) is 5.75 Å². The molecule has 0 aliphatic heterocycles. The Kier molecular flexibility index (Phi) is 15.7. The lowest BCUT2D eigenvalue weighted by Gasteiger charge is -2.29. The third-order valence-electron chi connectivity index (χ3n) is 6.67. The molecule has 0 aliphatic rings. The zero-order valence-corrected chi connectivity index (χ0v) is 25.3. The van der Waals surface area contributed by atoms with Gasteiger partial charge in [-0.3, -0.25) is 28.8 Å². The first kappa shape index (κ1) is 37.6. The summed E-state index contributed by atoms with van der Waals surface area (Å²) in [5, 5.41) is 28.6. The Morgan fingerprint density at radius 1 is 0.818 bits per heavy atom. The molecule has 1 aromatic rings. The third-order valence-corrected chi connectivity index (χ3v) is 7.06. The zero-order chi connectivity index (χ0) is 33.6. The molecule has 16 nitrogen and oxygen atoms in total. The number of phenolic OH excluding ortho intramolecular Hbond substituents is 1. The number of carboxylic acids is 1. The third kappa shape index (κ3) is 12.9. The predicted octanol–water partition coefficient (Wildman–Crippen LogP) is -2.60. The summed E-state index contributed by atoms with van der Waals surface area (Å²) >= 11 is 4.00. The summed E-state index contributed by atoms with van der Waals surface area (Å²) in [5.41, 5.74) is 16.6. The second kappa shape index (κ2) is 18.3. The van der Waals surface area contributed by atoms with E-state index in [-0.39, 0.29) is 30.8 Å². The first-order valence-electron chi connectivity index (χ1n) is 13.7. The van der Waals surface area contributed by atoms with E-state index in [0.29, 0.717) is 12.0 Å². The molecule has 0 saturated heterocycles. The molecule has 6 atom stereocenters. The summed E-state index contributed by atoms with van der Waals surface area (Å²) in [6.07, 6.45) is -1.06. The van der Waals surface area contributed by atoms with Crippen LogP contribution >= 0.6 is 12.6 Å². The maximum absolute atomic E-state index is 13.5. The van der Waals surface area contributed by atoms with Crippen molar-refractivity contribution < 1.29 is 43.8 Å². The molecule has 0 bridgehead atoms. The van der Waals surface area contributed by atoms with Gasteiger partial charge in [-0.2, -0.15) is 12.6 Å². The molecule has 12 N–H and O–H groups in total. The van der Waals surface area contributed by atoms with Crippen LogP contribution in [0.15, 0.2) is 24.3 Å². The number of nitrogens with one attached hydrogen (secondary N) is 4. The van der Waals surface area contributed by atoms with Gasteiger partial charge in [0, 0.05) is 18.6 Å². The number of rotatable bonds is 19. The molecule has 244 valence electrons. The van der Waals surface area contributed by atoms with Gasteiger partial charge in [0.15, 0.2) is 0 Å². The Labute approximate surface area is 259 Å². The van der Waals surface area contributed by atoms with Gasteiger partial charge in [0.1, 0.15) is 29.9 Å². The van der Waals surface area contributed by atoms with Gasteiger partial charge in [-0.25, -0.2) is 4.79 Å². The van der Waals surface area contributed by atoms with Crippen molar-refractivity contribution >= 4 is 54.0 Å². The summed E-state index contributed by atoms with van der Waals surface area (Å²) < 4.78 is 0. The number of aliphatic carboxylic acids is 1. The van der Waals surface area contributed by atoms with Crippen molar-refractivity contribution in [2.45, 2.75) is 76.2 Å². The number of carbonyl (C=O) groups excluding carboxylic acids is 6. The Bertz CT molecular complexity index is 1200. The average molecular weight is 640 g/mol. The lowest BCUT2D eigenvalue weighted by molar-refractivity contribution is -0.144. The summed E-state index contributed by atoms with van der Waals surface area (Å²) in [5.74, 6) is -7.19. The molecule has 0 radical (unpaired) electrons. The summed E-state index contributed by atoms with van der Waals surface area (Å²) in [7, 11) is 0. The average Bonchev–Trinajstić information content (AvgIpc) is 2.96. The van der Waals surface area contributed by atoms with E-state index in [1.807, 2.05) is 0 Å². The number of hydrogen-bond donors (Lipinski definition) is 10. The molecule has 0 aliphatic carbocycles. The largest absolute Gasteiger partial charge is 0.508 e. The highest BCUT2D eigenvalue weighted by Crippen LogP contribution is 2.14. The highest BCUT2D eigenvalue weighted by Gasteiger charge is 2.34. The van der Waals surface area contributed by atoms with E-state index in [2.05, 4.69) is 33.9 Å². The molecule has 0 saturated carbocycles.